The fraction of sp³-hybridized carbons (Fsp3) is 0.286. The number of benzene rings is 1. The van der Waals surface area contributed by atoms with Crippen LogP contribution in [0.15, 0.2) is 22.7 Å². The van der Waals surface area contributed by atoms with Crippen LogP contribution in [0.5, 0.6) is 0 Å². The Kier molecular flexibility index (Phi) is 2.49. The topological polar surface area (TPSA) is 17.1 Å². The fourth-order valence-electron chi connectivity index (χ4n) is 2.58. The summed E-state index contributed by atoms with van der Waals surface area (Å²) < 4.78 is 27.3. The van der Waals surface area contributed by atoms with Crippen LogP contribution in [-0.4, -0.2) is 11.7 Å². The van der Waals surface area contributed by atoms with Crippen molar-refractivity contribution in [2.75, 3.05) is 0 Å². The molecule has 1 nitrogen and oxygen atoms in total. The number of carbonyl (C=O) groups excluding carboxylic acids is 1. The number of hydrogen-bond acceptors (Lipinski definition) is 1. The lowest BCUT2D eigenvalue weighted by Crippen LogP contribution is -2.39. The third-order valence-corrected chi connectivity index (χ3v) is 4.04. The second kappa shape index (κ2) is 3.73. The van der Waals surface area contributed by atoms with Gasteiger partial charge in [-0.1, -0.05) is 34.1 Å². The molecule has 1 aromatic rings. The summed E-state index contributed by atoms with van der Waals surface area (Å²) in [5.74, 6) is -3.45. The third-order valence-electron chi connectivity index (χ3n) is 3.55. The summed E-state index contributed by atoms with van der Waals surface area (Å²) >= 11 is 3.36. The molecule has 0 saturated heterocycles. The van der Waals surface area contributed by atoms with E-state index in [1.165, 1.54) is 0 Å². The zero-order valence-corrected chi connectivity index (χ0v) is 11.0. The second-order valence-corrected chi connectivity index (χ2v) is 5.79. The number of fused-ring (bicyclic) bond motifs is 1. The minimum absolute atomic E-state index is 0.168. The van der Waals surface area contributed by atoms with E-state index in [0.717, 1.165) is 14.9 Å². The molecule has 1 radical (unpaired) electrons. The number of rotatable bonds is 0. The van der Waals surface area contributed by atoms with Crippen molar-refractivity contribution in [1.29, 1.82) is 0 Å². The average molecular weight is 312 g/mol. The summed E-state index contributed by atoms with van der Waals surface area (Å²) in [6.07, 6.45) is 4.08. The maximum Gasteiger partial charge on any atom is 0.258 e. The SMILES string of the molecule is O=C1[CH]C(F)(F)CC[C@]12C=c1ccc(Br)cc1=C2. The number of ketones is 1. The van der Waals surface area contributed by atoms with Crippen molar-refractivity contribution in [3.05, 3.63) is 39.5 Å². The number of halogens is 3. The summed E-state index contributed by atoms with van der Waals surface area (Å²) in [4.78, 5) is 12.0. The molecule has 18 heavy (non-hydrogen) atoms. The van der Waals surface area contributed by atoms with E-state index in [2.05, 4.69) is 15.9 Å². The van der Waals surface area contributed by atoms with E-state index in [1.54, 1.807) is 6.08 Å². The van der Waals surface area contributed by atoms with Crippen LogP contribution >= 0.6 is 15.9 Å². The van der Waals surface area contributed by atoms with Crippen molar-refractivity contribution in [3.8, 4) is 0 Å². The molecule has 2 aliphatic carbocycles. The van der Waals surface area contributed by atoms with Crippen LogP contribution in [0.3, 0.4) is 0 Å². The van der Waals surface area contributed by atoms with E-state index in [9.17, 15) is 13.6 Å². The van der Waals surface area contributed by atoms with Crippen LogP contribution in [0, 0.1) is 11.8 Å². The van der Waals surface area contributed by atoms with Crippen LogP contribution in [0.1, 0.15) is 12.8 Å². The highest BCUT2D eigenvalue weighted by molar-refractivity contribution is 9.10. The fourth-order valence-corrected chi connectivity index (χ4v) is 2.96. The van der Waals surface area contributed by atoms with Gasteiger partial charge in [0.05, 0.1) is 11.8 Å². The van der Waals surface area contributed by atoms with Gasteiger partial charge < -0.3 is 0 Å². The predicted octanol–water partition coefficient (Wildman–Crippen LogP) is 2.21. The standard InChI is InChI=1S/C14H10BrF2O/c15-11-2-1-9-6-13(7-10(9)5-11)3-4-14(16,17)8-12(13)18/h1-2,5-8H,3-4H2/t13-/m1/s1. The highest BCUT2D eigenvalue weighted by Gasteiger charge is 2.48. The Morgan fingerprint density at radius 1 is 1.11 bits per heavy atom. The lowest BCUT2D eigenvalue weighted by Gasteiger charge is -2.32. The molecule has 1 atom stereocenters. The van der Waals surface area contributed by atoms with Gasteiger partial charge in [0, 0.05) is 10.9 Å². The lowest BCUT2D eigenvalue weighted by atomic mass is 9.72. The Labute approximate surface area is 111 Å². The van der Waals surface area contributed by atoms with Gasteiger partial charge in [-0.2, -0.15) is 0 Å². The maximum absolute atomic E-state index is 13.2. The molecule has 1 fully saturated rings. The normalized spacial score (nSPS) is 28.7. The van der Waals surface area contributed by atoms with Gasteiger partial charge in [0.2, 0.25) is 0 Å². The molecule has 0 aromatic heterocycles. The van der Waals surface area contributed by atoms with E-state index in [0.29, 0.717) is 6.42 Å². The van der Waals surface area contributed by atoms with Gasteiger partial charge >= 0.3 is 0 Å². The molecule has 0 bridgehead atoms. The van der Waals surface area contributed by atoms with Gasteiger partial charge in [0.25, 0.3) is 5.92 Å². The van der Waals surface area contributed by atoms with E-state index in [-0.39, 0.29) is 12.8 Å². The molecular formula is C14H10BrF2O. The van der Waals surface area contributed by atoms with Crippen molar-refractivity contribution in [2.45, 2.75) is 18.8 Å². The van der Waals surface area contributed by atoms with Crippen molar-refractivity contribution >= 4 is 33.9 Å². The summed E-state index contributed by atoms with van der Waals surface area (Å²) in [7, 11) is 0. The minimum atomic E-state index is -2.96. The quantitative estimate of drug-likeness (QED) is 0.718. The van der Waals surface area contributed by atoms with Crippen LogP contribution < -0.4 is 10.4 Å². The number of hydrogen-bond donors (Lipinski definition) is 0. The Balaban J connectivity index is 2.08. The molecule has 1 aromatic carbocycles. The molecule has 2 aliphatic rings. The Morgan fingerprint density at radius 2 is 1.83 bits per heavy atom. The molecule has 0 heterocycles. The maximum atomic E-state index is 13.2. The molecule has 0 aliphatic heterocycles. The molecule has 93 valence electrons. The summed E-state index contributed by atoms with van der Waals surface area (Å²) in [5, 5.41) is 1.86. The monoisotopic (exact) mass is 311 g/mol. The van der Waals surface area contributed by atoms with E-state index < -0.39 is 17.1 Å². The van der Waals surface area contributed by atoms with Gasteiger partial charge in [-0.25, -0.2) is 8.78 Å². The molecule has 0 amide bonds. The van der Waals surface area contributed by atoms with Crippen molar-refractivity contribution in [3.63, 3.8) is 0 Å². The van der Waals surface area contributed by atoms with Crippen LogP contribution in [-0.2, 0) is 4.79 Å². The zero-order chi connectivity index (χ0) is 13.0. The molecule has 4 heteroatoms. The smallest absolute Gasteiger partial charge is 0.258 e. The first-order valence-corrected chi connectivity index (χ1v) is 6.49. The highest BCUT2D eigenvalue weighted by Crippen LogP contribution is 2.43. The molecule has 1 saturated carbocycles. The summed E-state index contributed by atoms with van der Waals surface area (Å²) in [6, 6.07) is 5.68. The Bertz CT molecular complexity index is 650. The number of carbonyl (C=O) groups is 1. The van der Waals surface area contributed by atoms with Crippen molar-refractivity contribution < 1.29 is 13.6 Å². The average Bonchev–Trinajstić information content (AvgIpc) is 2.63. The first-order chi connectivity index (χ1) is 8.40. The largest absolute Gasteiger partial charge is 0.298 e. The van der Waals surface area contributed by atoms with Crippen LogP contribution in [0.2, 0.25) is 0 Å². The van der Waals surface area contributed by atoms with Gasteiger partial charge in [-0.05, 0) is 29.0 Å². The predicted molar refractivity (Wildman–Crippen MR) is 68.2 cm³/mol. The molecule has 0 unspecified atom stereocenters. The minimum Gasteiger partial charge on any atom is -0.298 e. The third kappa shape index (κ3) is 1.83. The Morgan fingerprint density at radius 3 is 2.56 bits per heavy atom. The number of alkyl halides is 2. The molecule has 0 N–H and O–H groups in total. The molecular weight excluding hydrogens is 302 g/mol. The second-order valence-electron chi connectivity index (χ2n) is 4.87. The van der Waals surface area contributed by atoms with E-state index >= 15 is 0 Å². The highest BCUT2D eigenvalue weighted by atomic mass is 79.9. The summed E-state index contributed by atoms with van der Waals surface area (Å²) in [5.41, 5.74) is -0.856. The van der Waals surface area contributed by atoms with Crippen molar-refractivity contribution in [1.82, 2.24) is 0 Å². The first-order valence-electron chi connectivity index (χ1n) is 5.70. The number of Topliss-reactive ketones (excluding diaryl/α,β-unsaturated/α-hetero) is 1. The van der Waals surface area contributed by atoms with Gasteiger partial charge in [0.1, 0.15) is 0 Å². The van der Waals surface area contributed by atoms with Crippen LogP contribution in [0.25, 0.3) is 12.2 Å². The zero-order valence-electron chi connectivity index (χ0n) is 9.42. The summed E-state index contributed by atoms with van der Waals surface area (Å²) in [6.45, 7) is 0. The van der Waals surface area contributed by atoms with Crippen molar-refractivity contribution in [2.24, 2.45) is 5.41 Å². The van der Waals surface area contributed by atoms with Gasteiger partial charge in [0.15, 0.2) is 5.78 Å². The van der Waals surface area contributed by atoms with E-state index in [4.69, 9.17) is 0 Å². The molecule has 3 rings (SSSR count). The van der Waals surface area contributed by atoms with Gasteiger partial charge in [-0.15, -0.1) is 0 Å². The molecule has 1 spiro atoms. The first kappa shape index (κ1) is 12.0. The van der Waals surface area contributed by atoms with Crippen LogP contribution in [0.4, 0.5) is 8.78 Å². The van der Waals surface area contributed by atoms with E-state index in [1.807, 2.05) is 24.3 Å². The van der Waals surface area contributed by atoms with Gasteiger partial charge in [-0.3, -0.25) is 4.79 Å². The lowest BCUT2D eigenvalue weighted by molar-refractivity contribution is -0.127. The Hall–Kier alpha value is -1.03.